The van der Waals surface area contributed by atoms with Crippen molar-refractivity contribution in [3.05, 3.63) is 108 Å². The molecule has 0 bridgehead atoms. The predicted octanol–water partition coefficient (Wildman–Crippen LogP) is 5.02. The van der Waals surface area contributed by atoms with E-state index in [2.05, 4.69) is 36.2 Å². The molecule has 0 radical (unpaired) electrons. The third-order valence-electron chi connectivity index (χ3n) is 5.81. The van der Waals surface area contributed by atoms with Gasteiger partial charge in [-0.3, -0.25) is 4.79 Å². The van der Waals surface area contributed by atoms with E-state index in [0.29, 0.717) is 13.2 Å². The molecule has 33 heavy (non-hydrogen) atoms. The molecule has 3 aromatic carbocycles. The Bertz CT molecular complexity index is 912. The first-order valence-electron chi connectivity index (χ1n) is 11.3. The lowest BCUT2D eigenvalue weighted by Gasteiger charge is -2.37. The van der Waals surface area contributed by atoms with Crippen molar-refractivity contribution in [2.75, 3.05) is 40.3 Å². The van der Waals surface area contributed by atoms with Gasteiger partial charge >= 0.3 is 0 Å². The summed E-state index contributed by atoms with van der Waals surface area (Å²) < 4.78 is 6.29. The second-order valence-corrected chi connectivity index (χ2v) is 8.11. The lowest BCUT2D eigenvalue weighted by molar-refractivity contribution is -0.153. The van der Waals surface area contributed by atoms with E-state index in [1.165, 1.54) is 5.56 Å². The third kappa shape index (κ3) is 6.67. The van der Waals surface area contributed by atoms with Gasteiger partial charge in [-0.05, 0) is 37.1 Å². The number of halogens is 1. The molecular weight excluding hydrogens is 432 g/mol. The van der Waals surface area contributed by atoms with Crippen molar-refractivity contribution in [2.24, 2.45) is 0 Å². The number of rotatable bonds is 11. The van der Waals surface area contributed by atoms with Crippen LogP contribution in [0.1, 0.15) is 23.6 Å². The average molecular weight is 467 g/mol. The van der Waals surface area contributed by atoms with Gasteiger partial charge in [-0.2, -0.15) is 0 Å². The van der Waals surface area contributed by atoms with Crippen molar-refractivity contribution in [3.8, 4) is 0 Å². The fourth-order valence-corrected chi connectivity index (χ4v) is 3.97. The molecule has 4 nitrogen and oxygen atoms in total. The van der Waals surface area contributed by atoms with E-state index in [1.807, 2.05) is 80.7 Å². The number of ether oxygens (including phenoxy) is 1. The van der Waals surface area contributed by atoms with Crippen molar-refractivity contribution in [2.45, 2.75) is 18.9 Å². The molecular formula is C28H35ClN2O2. The molecule has 3 rings (SSSR count). The Hall–Kier alpha value is -2.66. The van der Waals surface area contributed by atoms with Crippen molar-refractivity contribution in [1.82, 2.24) is 9.80 Å². The molecule has 0 fully saturated rings. The van der Waals surface area contributed by atoms with Crippen LogP contribution in [0.2, 0.25) is 0 Å². The van der Waals surface area contributed by atoms with E-state index < -0.39 is 5.60 Å². The number of carbonyl (C=O) groups excluding carboxylic acids is 1. The van der Waals surface area contributed by atoms with Gasteiger partial charge in [0.15, 0.2) is 5.60 Å². The SMILES string of the molecule is CCOC(C(=O)N(C)CCN(C)CCc1ccccc1)(c1ccccc1)c1ccccc1.Cl. The van der Waals surface area contributed by atoms with E-state index in [9.17, 15) is 4.79 Å². The zero-order valence-corrected chi connectivity index (χ0v) is 20.6. The molecule has 0 aromatic heterocycles. The first kappa shape index (κ1) is 26.6. The summed E-state index contributed by atoms with van der Waals surface area (Å²) in [7, 11) is 3.97. The van der Waals surface area contributed by atoms with Gasteiger partial charge in [-0.1, -0.05) is 91.0 Å². The van der Waals surface area contributed by atoms with Crippen molar-refractivity contribution in [3.63, 3.8) is 0 Å². The van der Waals surface area contributed by atoms with Gasteiger partial charge in [0, 0.05) is 33.3 Å². The Morgan fingerprint density at radius 3 is 1.73 bits per heavy atom. The van der Waals surface area contributed by atoms with E-state index >= 15 is 0 Å². The lowest BCUT2D eigenvalue weighted by atomic mass is 9.84. The summed E-state index contributed by atoms with van der Waals surface area (Å²) in [5, 5.41) is 0. The summed E-state index contributed by atoms with van der Waals surface area (Å²) in [6.45, 7) is 4.73. The molecule has 0 aliphatic heterocycles. The number of nitrogens with zero attached hydrogens (tertiary/aromatic N) is 2. The number of hydrogen-bond acceptors (Lipinski definition) is 3. The van der Waals surface area contributed by atoms with Gasteiger partial charge in [-0.25, -0.2) is 0 Å². The van der Waals surface area contributed by atoms with Gasteiger partial charge in [-0.15, -0.1) is 12.4 Å². The van der Waals surface area contributed by atoms with Gasteiger partial charge in [0.05, 0.1) is 0 Å². The van der Waals surface area contributed by atoms with Gasteiger partial charge in [0.2, 0.25) is 0 Å². The van der Waals surface area contributed by atoms with Crippen LogP contribution in [0.4, 0.5) is 0 Å². The molecule has 3 aromatic rings. The summed E-state index contributed by atoms with van der Waals surface area (Å²) >= 11 is 0. The Labute approximate surface area is 204 Å². The molecule has 0 saturated carbocycles. The molecule has 1 amide bonds. The van der Waals surface area contributed by atoms with Crippen molar-refractivity contribution >= 4 is 18.3 Å². The lowest BCUT2D eigenvalue weighted by Crippen LogP contribution is -2.49. The van der Waals surface area contributed by atoms with Crippen LogP contribution in [0.25, 0.3) is 0 Å². The summed E-state index contributed by atoms with van der Waals surface area (Å²) in [6, 6.07) is 30.1. The third-order valence-corrected chi connectivity index (χ3v) is 5.81. The minimum atomic E-state index is -1.16. The van der Waals surface area contributed by atoms with Crippen LogP contribution in [0.15, 0.2) is 91.0 Å². The summed E-state index contributed by atoms with van der Waals surface area (Å²) in [5.41, 5.74) is 1.87. The second kappa shape index (κ2) is 13.1. The molecule has 0 heterocycles. The van der Waals surface area contributed by atoms with Crippen LogP contribution in [0.5, 0.6) is 0 Å². The van der Waals surface area contributed by atoms with E-state index in [4.69, 9.17) is 4.74 Å². The number of carbonyl (C=O) groups is 1. The fourth-order valence-electron chi connectivity index (χ4n) is 3.97. The van der Waals surface area contributed by atoms with Crippen LogP contribution in [0, 0.1) is 0 Å². The van der Waals surface area contributed by atoms with Crippen LogP contribution in [0.3, 0.4) is 0 Å². The number of hydrogen-bond donors (Lipinski definition) is 0. The molecule has 0 aliphatic rings. The predicted molar refractivity (Wildman–Crippen MR) is 138 cm³/mol. The van der Waals surface area contributed by atoms with E-state index in [-0.39, 0.29) is 18.3 Å². The molecule has 5 heteroatoms. The normalized spacial score (nSPS) is 11.2. The molecule has 0 saturated heterocycles. The zero-order valence-electron chi connectivity index (χ0n) is 19.8. The Balaban J connectivity index is 0.00000385. The monoisotopic (exact) mass is 466 g/mol. The van der Waals surface area contributed by atoms with Crippen LogP contribution in [-0.4, -0.2) is 56.0 Å². The molecule has 176 valence electrons. The highest BCUT2D eigenvalue weighted by Crippen LogP contribution is 2.35. The fraction of sp³-hybridized carbons (Fsp3) is 0.321. The highest BCUT2D eigenvalue weighted by Gasteiger charge is 2.44. The largest absolute Gasteiger partial charge is 0.356 e. The van der Waals surface area contributed by atoms with E-state index in [1.54, 1.807) is 4.90 Å². The minimum Gasteiger partial charge on any atom is -0.356 e. The summed E-state index contributed by atoms with van der Waals surface area (Å²) in [6.07, 6.45) is 0.992. The van der Waals surface area contributed by atoms with Crippen molar-refractivity contribution in [1.29, 1.82) is 0 Å². The second-order valence-electron chi connectivity index (χ2n) is 8.11. The number of benzene rings is 3. The average Bonchev–Trinajstić information content (AvgIpc) is 2.86. The molecule has 0 atom stereocenters. The first-order valence-corrected chi connectivity index (χ1v) is 11.3. The topological polar surface area (TPSA) is 32.8 Å². The van der Waals surface area contributed by atoms with Gasteiger partial charge in [0.25, 0.3) is 5.91 Å². The number of amides is 1. The van der Waals surface area contributed by atoms with E-state index in [0.717, 1.165) is 30.6 Å². The summed E-state index contributed by atoms with van der Waals surface area (Å²) in [4.78, 5) is 18.0. The molecule has 0 aliphatic carbocycles. The Kier molecular flexibility index (Phi) is 10.6. The van der Waals surface area contributed by atoms with Crippen LogP contribution >= 0.6 is 12.4 Å². The molecule has 0 spiro atoms. The first-order chi connectivity index (χ1) is 15.6. The van der Waals surface area contributed by atoms with Crippen LogP contribution < -0.4 is 0 Å². The quantitative estimate of drug-likeness (QED) is 0.397. The van der Waals surface area contributed by atoms with Gasteiger partial charge < -0.3 is 14.5 Å². The number of likely N-dealkylation sites (N-methyl/N-ethyl adjacent to an activating group) is 2. The van der Waals surface area contributed by atoms with Gasteiger partial charge in [0.1, 0.15) is 0 Å². The minimum absolute atomic E-state index is 0. The maximum Gasteiger partial charge on any atom is 0.263 e. The zero-order chi connectivity index (χ0) is 22.8. The molecule has 0 N–H and O–H groups in total. The van der Waals surface area contributed by atoms with Crippen molar-refractivity contribution < 1.29 is 9.53 Å². The summed E-state index contributed by atoms with van der Waals surface area (Å²) in [5.74, 6) is -0.0480. The standard InChI is InChI=1S/C28H34N2O2.ClH/c1-4-32-28(25-16-10-6-11-17-25,26-18-12-7-13-19-26)27(31)30(3)23-22-29(2)21-20-24-14-8-5-9-15-24;/h5-19H,4,20-23H2,1-3H3;1H. The van der Waals surface area contributed by atoms with Crippen LogP contribution in [-0.2, 0) is 21.6 Å². The maximum absolute atomic E-state index is 13.9. The Morgan fingerprint density at radius 2 is 1.24 bits per heavy atom. The highest BCUT2D eigenvalue weighted by atomic mass is 35.5. The molecule has 0 unspecified atom stereocenters. The smallest absolute Gasteiger partial charge is 0.263 e. The maximum atomic E-state index is 13.9. The highest BCUT2D eigenvalue weighted by molar-refractivity contribution is 5.90. The Morgan fingerprint density at radius 1 is 0.758 bits per heavy atom.